The second-order valence-electron chi connectivity index (χ2n) is 3.77. The van der Waals surface area contributed by atoms with Crippen LogP contribution >= 0.6 is 15.9 Å². The lowest BCUT2D eigenvalue weighted by Crippen LogP contribution is -2.31. The summed E-state index contributed by atoms with van der Waals surface area (Å²) in [7, 11) is 0. The molecule has 1 aromatic rings. The van der Waals surface area contributed by atoms with Crippen molar-refractivity contribution < 1.29 is 4.79 Å². The molecular weight excluding hydrogens is 308 g/mol. The zero-order valence-corrected chi connectivity index (χ0v) is 12.2. The first kappa shape index (κ1) is 15.2. The molecule has 1 aromatic carbocycles. The number of halogens is 1. The first-order chi connectivity index (χ1) is 9.19. The fourth-order valence-corrected chi connectivity index (χ4v) is 1.63. The quantitative estimate of drug-likeness (QED) is 0.480. The van der Waals surface area contributed by atoms with Crippen molar-refractivity contribution in [1.29, 1.82) is 5.26 Å². The highest BCUT2D eigenvalue weighted by Gasteiger charge is 2.10. The number of anilines is 1. The van der Waals surface area contributed by atoms with E-state index in [1.165, 1.54) is 0 Å². The molecule has 0 heterocycles. The van der Waals surface area contributed by atoms with Crippen molar-refractivity contribution in [3.8, 4) is 6.07 Å². The molecule has 0 spiro atoms. The van der Waals surface area contributed by atoms with Gasteiger partial charge >= 0.3 is 0 Å². The first-order valence-corrected chi connectivity index (χ1v) is 6.74. The van der Waals surface area contributed by atoms with Crippen LogP contribution in [0.3, 0.4) is 0 Å². The summed E-state index contributed by atoms with van der Waals surface area (Å²) in [4.78, 5) is 11.6. The number of hydrogen-bond acceptors (Lipinski definition) is 4. The summed E-state index contributed by atoms with van der Waals surface area (Å²) < 4.78 is 0.808. The molecule has 0 aliphatic heterocycles. The third-order valence-corrected chi connectivity index (χ3v) is 2.99. The van der Waals surface area contributed by atoms with Gasteiger partial charge in [0, 0.05) is 11.0 Å². The third kappa shape index (κ3) is 5.10. The molecule has 0 saturated heterocycles. The van der Waals surface area contributed by atoms with Crippen LogP contribution in [0.15, 0.2) is 33.8 Å². The van der Waals surface area contributed by atoms with Crippen molar-refractivity contribution >= 4 is 33.2 Å². The topological polar surface area (TPSA) is 77.3 Å². The molecule has 19 heavy (non-hydrogen) atoms. The summed E-state index contributed by atoms with van der Waals surface area (Å²) in [5.74, 6) is -0.462. The number of carbonyl (C=O) groups is 1. The van der Waals surface area contributed by atoms with Gasteiger partial charge in [0.25, 0.3) is 5.91 Å². The highest BCUT2D eigenvalue weighted by Crippen LogP contribution is 2.20. The summed E-state index contributed by atoms with van der Waals surface area (Å²) in [5, 5.41) is 15.4. The smallest absolute Gasteiger partial charge is 0.282 e. The number of nitriles is 1. The SMILES string of the molecule is CCCCNC(=O)C(C#N)=NNc1ccccc1Br. The van der Waals surface area contributed by atoms with Crippen LogP contribution in [-0.4, -0.2) is 18.2 Å². The molecule has 100 valence electrons. The predicted molar refractivity (Wildman–Crippen MR) is 78.7 cm³/mol. The highest BCUT2D eigenvalue weighted by molar-refractivity contribution is 9.10. The Hall–Kier alpha value is -1.87. The molecule has 0 unspecified atom stereocenters. The van der Waals surface area contributed by atoms with Gasteiger partial charge in [0.05, 0.1) is 5.69 Å². The summed E-state index contributed by atoms with van der Waals surface area (Å²) in [6, 6.07) is 9.10. The number of rotatable bonds is 6. The second kappa shape index (κ2) is 8.27. The van der Waals surface area contributed by atoms with E-state index in [0.29, 0.717) is 12.2 Å². The highest BCUT2D eigenvalue weighted by atomic mass is 79.9. The van der Waals surface area contributed by atoms with Crippen LogP contribution in [0.5, 0.6) is 0 Å². The molecule has 2 N–H and O–H groups in total. The van der Waals surface area contributed by atoms with Crippen molar-refractivity contribution in [1.82, 2.24) is 5.32 Å². The van der Waals surface area contributed by atoms with Gasteiger partial charge in [-0.3, -0.25) is 10.2 Å². The molecule has 0 bridgehead atoms. The fourth-order valence-electron chi connectivity index (χ4n) is 1.26. The number of hydrogen-bond donors (Lipinski definition) is 2. The van der Waals surface area contributed by atoms with Gasteiger partial charge in [-0.05, 0) is 34.5 Å². The van der Waals surface area contributed by atoms with Crippen LogP contribution in [0.25, 0.3) is 0 Å². The van der Waals surface area contributed by atoms with Crippen LogP contribution in [0.2, 0.25) is 0 Å². The average molecular weight is 323 g/mol. The van der Waals surface area contributed by atoms with E-state index < -0.39 is 5.91 Å². The van der Waals surface area contributed by atoms with E-state index in [1.54, 1.807) is 12.1 Å². The minimum absolute atomic E-state index is 0.188. The lowest BCUT2D eigenvalue weighted by Gasteiger charge is -2.04. The van der Waals surface area contributed by atoms with E-state index in [0.717, 1.165) is 17.3 Å². The molecule has 1 rings (SSSR count). The minimum Gasteiger partial charge on any atom is -0.350 e. The zero-order chi connectivity index (χ0) is 14.1. The number of benzene rings is 1. The molecule has 6 heteroatoms. The second-order valence-corrected chi connectivity index (χ2v) is 4.63. The van der Waals surface area contributed by atoms with E-state index in [2.05, 4.69) is 31.8 Å². The molecule has 0 fully saturated rings. The molecule has 1 amide bonds. The summed E-state index contributed by atoms with van der Waals surface area (Å²) >= 11 is 3.34. The number of unbranched alkanes of at least 4 members (excludes halogenated alkanes) is 1. The Morgan fingerprint density at radius 1 is 1.47 bits per heavy atom. The summed E-state index contributed by atoms with van der Waals surface area (Å²) in [5.41, 5.74) is 3.20. The van der Waals surface area contributed by atoms with E-state index in [1.807, 2.05) is 25.1 Å². The Balaban J connectivity index is 2.65. The number of carbonyl (C=O) groups excluding carboxylic acids is 1. The zero-order valence-electron chi connectivity index (χ0n) is 10.6. The minimum atomic E-state index is -0.462. The molecule has 0 saturated carbocycles. The van der Waals surface area contributed by atoms with Gasteiger partial charge < -0.3 is 5.32 Å². The Kier molecular flexibility index (Phi) is 6.61. The maximum Gasteiger partial charge on any atom is 0.282 e. The third-order valence-electron chi connectivity index (χ3n) is 2.30. The van der Waals surface area contributed by atoms with Crippen LogP contribution in [0.1, 0.15) is 19.8 Å². The van der Waals surface area contributed by atoms with Crippen LogP contribution in [0, 0.1) is 11.3 Å². The molecule has 0 atom stereocenters. The monoisotopic (exact) mass is 322 g/mol. The number of amides is 1. The molecular formula is C13H15BrN4O. The Morgan fingerprint density at radius 3 is 2.84 bits per heavy atom. The van der Waals surface area contributed by atoms with Crippen LogP contribution < -0.4 is 10.7 Å². The number of para-hydroxylation sites is 1. The Labute approximate surface area is 120 Å². The largest absolute Gasteiger partial charge is 0.350 e. The van der Waals surface area contributed by atoms with Crippen molar-refractivity contribution in [2.24, 2.45) is 5.10 Å². The molecule has 5 nitrogen and oxygen atoms in total. The van der Waals surface area contributed by atoms with E-state index in [9.17, 15) is 4.79 Å². The van der Waals surface area contributed by atoms with Gasteiger partial charge in [-0.2, -0.15) is 10.4 Å². The Morgan fingerprint density at radius 2 is 2.21 bits per heavy atom. The molecule has 0 aliphatic carbocycles. The fraction of sp³-hybridized carbons (Fsp3) is 0.308. The standard InChI is InChI=1S/C13H15BrN4O/c1-2-3-8-16-13(19)12(9-15)18-17-11-7-5-4-6-10(11)14/h4-7,17H,2-3,8H2,1H3,(H,16,19). The van der Waals surface area contributed by atoms with Gasteiger partial charge in [-0.15, -0.1) is 0 Å². The molecule has 0 aromatic heterocycles. The lowest BCUT2D eigenvalue weighted by atomic mass is 10.3. The van der Waals surface area contributed by atoms with Crippen molar-refractivity contribution in [2.75, 3.05) is 12.0 Å². The van der Waals surface area contributed by atoms with Gasteiger partial charge in [-0.25, -0.2) is 0 Å². The van der Waals surface area contributed by atoms with E-state index in [-0.39, 0.29) is 5.71 Å². The average Bonchev–Trinajstić information content (AvgIpc) is 2.41. The summed E-state index contributed by atoms with van der Waals surface area (Å²) in [6.45, 7) is 2.57. The van der Waals surface area contributed by atoms with Crippen molar-refractivity contribution in [2.45, 2.75) is 19.8 Å². The van der Waals surface area contributed by atoms with Gasteiger partial charge in [-0.1, -0.05) is 25.5 Å². The van der Waals surface area contributed by atoms with Gasteiger partial charge in [0.2, 0.25) is 5.71 Å². The summed E-state index contributed by atoms with van der Waals surface area (Å²) in [6.07, 6.45) is 1.86. The normalized spacial score (nSPS) is 10.7. The van der Waals surface area contributed by atoms with Crippen molar-refractivity contribution in [3.05, 3.63) is 28.7 Å². The van der Waals surface area contributed by atoms with E-state index in [4.69, 9.17) is 5.26 Å². The Bertz CT molecular complexity index is 508. The van der Waals surface area contributed by atoms with Gasteiger partial charge in [0.1, 0.15) is 6.07 Å². The lowest BCUT2D eigenvalue weighted by molar-refractivity contribution is -0.114. The molecule has 0 radical (unpaired) electrons. The van der Waals surface area contributed by atoms with Crippen molar-refractivity contribution in [3.63, 3.8) is 0 Å². The number of hydrazone groups is 1. The van der Waals surface area contributed by atoms with E-state index >= 15 is 0 Å². The number of nitrogens with one attached hydrogen (secondary N) is 2. The van der Waals surface area contributed by atoms with Gasteiger partial charge in [0.15, 0.2) is 0 Å². The maximum atomic E-state index is 11.6. The van der Waals surface area contributed by atoms with Crippen LogP contribution in [0.4, 0.5) is 5.69 Å². The maximum absolute atomic E-state index is 11.6. The molecule has 0 aliphatic rings. The predicted octanol–water partition coefficient (Wildman–Crippen LogP) is 2.66. The number of nitrogens with zero attached hydrogens (tertiary/aromatic N) is 2. The first-order valence-electron chi connectivity index (χ1n) is 5.95. The van der Waals surface area contributed by atoms with Crippen LogP contribution in [-0.2, 0) is 4.79 Å².